The number of aromatic nitrogens is 1. The smallest absolute Gasteiger partial charge is 0.246 e. The van der Waals surface area contributed by atoms with Crippen molar-refractivity contribution in [3.63, 3.8) is 0 Å². The maximum atomic E-state index is 13.5. The third-order valence-corrected chi connectivity index (χ3v) is 6.59. The first-order valence-corrected chi connectivity index (χ1v) is 11.0. The minimum absolute atomic E-state index is 0.0429. The Bertz CT molecular complexity index is 1140. The predicted molar refractivity (Wildman–Crippen MR) is 127 cm³/mol. The Morgan fingerprint density at radius 1 is 1.03 bits per heavy atom. The number of thiazole rings is 1. The Morgan fingerprint density at radius 3 is 2.52 bits per heavy atom. The van der Waals surface area contributed by atoms with Crippen LogP contribution in [-0.2, 0) is 4.79 Å². The summed E-state index contributed by atoms with van der Waals surface area (Å²) in [5.74, 6) is 0.597. The molecule has 158 valence electrons. The van der Waals surface area contributed by atoms with Crippen LogP contribution in [0.15, 0.2) is 78.9 Å². The number of carbonyl (C=O) groups excluding carboxylic acids is 1. The highest BCUT2D eigenvalue weighted by Gasteiger charge is 2.30. The van der Waals surface area contributed by atoms with Gasteiger partial charge in [0.25, 0.3) is 0 Å². The summed E-state index contributed by atoms with van der Waals surface area (Å²) in [6, 6.07) is 24.8. The number of hydrogen-bond donors (Lipinski definition) is 1. The van der Waals surface area contributed by atoms with Crippen LogP contribution in [0.2, 0.25) is 0 Å². The zero-order valence-electron chi connectivity index (χ0n) is 17.8. The third-order valence-electron chi connectivity index (χ3n) is 5.39. The van der Waals surface area contributed by atoms with Gasteiger partial charge in [-0.1, -0.05) is 48.5 Å². The molecule has 0 aliphatic rings. The Balaban J connectivity index is 1.64. The molecule has 1 aromatic heterocycles. The van der Waals surface area contributed by atoms with Crippen LogP contribution in [0.1, 0.15) is 29.6 Å². The molecule has 0 saturated carbocycles. The fourth-order valence-corrected chi connectivity index (χ4v) is 4.66. The summed E-state index contributed by atoms with van der Waals surface area (Å²) in [4.78, 5) is 20.3. The molecule has 0 spiro atoms. The van der Waals surface area contributed by atoms with Crippen LogP contribution in [0.4, 0.5) is 5.69 Å². The predicted octanol–water partition coefficient (Wildman–Crippen LogP) is 5.68. The standard InChI is InChI=1S/C25H25N3O2S/c1-17(25-27-21-14-7-8-15-22(21)31-25)28(2)23(18-10-5-4-6-11-18)24(29)26-19-12-9-13-20(16-19)30-3/h4-17,23H,1-3H3,(H,26,29). The molecule has 0 aliphatic carbocycles. The molecule has 31 heavy (non-hydrogen) atoms. The van der Waals surface area contributed by atoms with Gasteiger partial charge in [-0.25, -0.2) is 4.98 Å². The zero-order chi connectivity index (χ0) is 21.8. The first-order valence-electron chi connectivity index (χ1n) is 10.1. The fourth-order valence-electron chi connectivity index (χ4n) is 3.58. The number of ether oxygens (including phenoxy) is 1. The van der Waals surface area contributed by atoms with Gasteiger partial charge >= 0.3 is 0 Å². The van der Waals surface area contributed by atoms with Gasteiger partial charge in [0.15, 0.2) is 0 Å². The zero-order valence-corrected chi connectivity index (χ0v) is 18.6. The van der Waals surface area contributed by atoms with Crippen LogP contribution in [0.3, 0.4) is 0 Å². The SMILES string of the molecule is COc1cccc(NC(=O)C(c2ccccc2)N(C)C(C)c2nc3ccccc3s2)c1. The molecule has 6 heteroatoms. The number of nitrogens with one attached hydrogen (secondary N) is 1. The van der Waals surface area contributed by atoms with Gasteiger partial charge in [0, 0.05) is 11.8 Å². The van der Waals surface area contributed by atoms with Gasteiger partial charge in [-0.3, -0.25) is 9.69 Å². The van der Waals surface area contributed by atoms with Gasteiger partial charge in [-0.15, -0.1) is 11.3 Å². The van der Waals surface area contributed by atoms with Crippen molar-refractivity contribution < 1.29 is 9.53 Å². The number of fused-ring (bicyclic) bond motifs is 1. The van der Waals surface area contributed by atoms with E-state index in [0.29, 0.717) is 11.4 Å². The second-order valence-electron chi connectivity index (χ2n) is 7.40. The van der Waals surface area contributed by atoms with Gasteiger partial charge in [0.2, 0.25) is 5.91 Å². The molecule has 3 aromatic carbocycles. The van der Waals surface area contributed by atoms with Gasteiger partial charge in [-0.05, 0) is 43.8 Å². The van der Waals surface area contributed by atoms with Crippen molar-refractivity contribution in [3.8, 4) is 5.75 Å². The molecule has 0 fully saturated rings. The summed E-state index contributed by atoms with van der Waals surface area (Å²) in [7, 11) is 3.58. The van der Waals surface area contributed by atoms with E-state index in [1.165, 1.54) is 0 Å². The molecule has 0 bridgehead atoms. The van der Waals surface area contributed by atoms with Gasteiger partial charge in [0.05, 0.1) is 23.4 Å². The number of anilines is 1. The number of hydrogen-bond acceptors (Lipinski definition) is 5. The maximum Gasteiger partial charge on any atom is 0.246 e. The van der Waals surface area contributed by atoms with Gasteiger partial charge in [0.1, 0.15) is 16.8 Å². The van der Waals surface area contributed by atoms with Crippen molar-refractivity contribution in [1.29, 1.82) is 0 Å². The lowest BCUT2D eigenvalue weighted by molar-refractivity contribution is -0.121. The number of amides is 1. The number of para-hydroxylation sites is 1. The van der Waals surface area contributed by atoms with Crippen molar-refractivity contribution in [2.45, 2.75) is 19.0 Å². The largest absolute Gasteiger partial charge is 0.497 e. The second kappa shape index (κ2) is 9.29. The Morgan fingerprint density at radius 2 is 1.77 bits per heavy atom. The lowest BCUT2D eigenvalue weighted by Gasteiger charge is -2.31. The highest BCUT2D eigenvalue weighted by Crippen LogP contribution is 2.34. The van der Waals surface area contributed by atoms with Crippen molar-refractivity contribution in [3.05, 3.63) is 89.4 Å². The summed E-state index contributed by atoms with van der Waals surface area (Å²) < 4.78 is 6.43. The van der Waals surface area contributed by atoms with Crippen LogP contribution < -0.4 is 10.1 Å². The topological polar surface area (TPSA) is 54.5 Å². The number of carbonyl (C=O) groups is 1. The van der Waals surface area contributed by atoms with Crippen LogP contribution in [0.25, 0.3) is 10.2 Å². The van der Waals surface area contributed by atoms with E-state index in [9.17, 15) is 4.79 Å². The highest BCUT2D eigenvalue weighted by atomic mass is 32.1. The van der Waals surface area contributed by atoms with Gasteiger partial charge < -0.3 is 10.1 Å². The average Bonchev–Trinajstić information content (AvgIpc) is 3.24. The molecule has 5 nitrogen and oxygen atoms in total. The van der Waals surface area contributed by atoms with Crippen molar-refractivity contribution in [2.24, 2.45) is 0 Å². The normalized spacial score (nSPS) is 13.2. The Hall–Kier alpha value is -3.22. The summed E-state index contributed by atoms with van der Waals surface area (Å²) in [6.07, 6.45) is 0. The van der Waals surface area contributed by atoms with Crippen LogP contribution in [-0.4, -0.2) is 29.9 Å². The van der Waals surface area contributed by atoms with E-state index in [-0.39, 0.29) is 11.9 Å². The fraction of sp³-hybridized carbons (Fsp3) is 0.200. The molecule has 0 aliphatic heterocycles. The van der Waals surface area contributed by atoms with Gasteiger partial charge in [-0.2, -0.15) is 0 Å². The molecule has 1 heterocycles. The van der Waals surface area contributed by atoms with Crippen LogP contribution >= 0.6 is 11.3 Å². The van der Waals surface area contributed by atoms with E-state index in [4.69, 9.17) is 9.72 Å². The molecule has 4 aromatic rings. The molecule has 2 atom stereocenters. The quantitative estimate of drug-likeness (QED) is 0.409. The number of rotatable bonds is 7. The lowest BCUT2D eigenvalue weighted by Crippen LogP contribution is -2.36. The second-order valence-corrected chi connectivity index (χ2v) is 8.46. The van der Waals surface area contributed by atoms with Crippen molar-refractivity contribution in [2.75, 3.05) is 19.5 Å². The average molecular weight is 432 g/mol. The number of likely N-dealkylation sites (N-methyl/N-ethyl adjacent to an activating group) is 1. The lowest BCUT2D eigenvalue weighted by atomic mass is 10.0. The van der Waals surface area contributed by atoms with E-state index in [2.05, 4.69) is 23.2 Å². The Kier molecular flexibility index (Phi) is 6.30. The molecule has 4 rings (SSSR count). The third kappa shape index (κ3) is 4.60. The van der Waals surface area contributed by atoms with E-state index in [1.54, 1.807) is 18.4 Å². The maximum absolute atomic E-state index is 13.5. The number of nitrogens with zero attached hydrogens (tertiary/aromatic N) is 2. The summed E-state index contributed by atoms with van der Waals surface area (Å²) in [5.41, 5.74) is 2.62. The minimum atomic E-state index is -0.477. The highest BCUT2D eigenvalue weighted by molar-refractivity contribution is 7.18. The van der Waals surface area contributed by atoms with Crippen LogP contribution in [0, 0.1) is 0 Å². The van der Waals surface area contributed by atoms with E-state index in [1.807, 2.05) is 79.8 Å². The minimum Gasteiger partial charge on any atom is -0.497 e. The van der Waals surface area contributed by atoms with Crippen molar-refractivity contribution >= 4 is 33.1 Å². The number of benzene rings is 3. The molecule has 2 unspecified atom stereocenters. The summed E-state index contributed by atoms with van der Waals surface area (Å²) in [6.45, 7) is 2.09. The number of methoxy groups -OCH3 is 1. The van der Waals surface area contributed by atoms with E-state index < -0.39 is 6.04 Å². The first-order chi connectivity index (χ1) is 15.1. The van der Waals surface area contributed by atoms with E-state index >= 15 is 0 Å². The molecular weight excluding hydrogens is 406 g/mol. The molecular formula is C25H25N3O2S. The van der Waals surface area contributed by atoms with E-state index in [0.717, 1.165) is 20.8 Å². The molecule has 1 N–H and O–H groups in total. The monoisotopic (exact) mass is 431 g/mol. The van der Waals surface area contributed by atoms with Crippen LogP contribution in [0.5, 0.6) is 5.75 Å². The summed E-state index contributed by atoms with van der Waals surface area (Å²) >= 11 is 1.67. The molecule has 1 amide bonds. The molecule has 0 radical (unpaired) electrons. The molecule has 0 saturated heterocycles. The van der Waals surface area contributed by atoms with Crippen molar-refractivity contribution in [1.82, 2.24) is 9.88 Å². The first kappa shape index (κ1) is 21.0. The Labute approximate surface area is 186 Å². The summed E-state index contributed by atoms with van der Waals surface area (Å²) in [5, 5.41) is 4.04.